The second kappa shape index (κ2) is 10.4. The van der Waals surface area contributed by atoms with E-state index in [1.807, 2.05) is 0 Å². The summed E-state index contributed by atoms with van der Waals surface area (Å²) in [5.41, 5.74) is 2.63. The van der Waals surface area contributed by atoms with E-state index in [9.17, 15) is 13.2 Å². The second-order valence-electron chi connectivity index (χ2n) is 7.65. The van der Waals surface area contributed by atoms with Crippen LogP contribution >= 0.6 is 0 Å². The van der Waals surface area contributed by atoms with Crippen LogP contribution in [-0.2, 0) is 13.2 Å². The molecule has 0 atom stereocenters. The number of benzene rings is 4. The molecule has 0 bridgehead atoms. The summed E-state index contributed by atoms with van der Waals surface area (Å²) in [7, 11) is 0. The average molecular weight is 464 g/mol. The molecule has 0 saturated heterocycles. The van der Waals surface area contributed by atoms with E-state index < -0.39 is 17.5 Å². The first kappa shape index (κ1) is 23.4. The maximum Gasteiger partial charge on any atom is 0.167 e. The van der Waals surface area contributed by atoms with Crippen molar-refractivity contribution in [2.45, 2.75) is 20.1 Å². The lowest BCUT2D eigenvalue weighted by Crippen LogP contribution is -1.99. The molecule has 0 amide bonds. The lowest BCUT2D eigenvalue weighted by molar-refractivity contribution is 0.282. The monoisotopic (exact) mass is 464 g/mol. The third-order valence-corrected chi connectivity index (χ3v) is 5.40. The van der Waals surface area contributed by atoms with Crippen molar-refractivity contribution in [3.8, 4) is 33.8 Å². The Morgan fingerprint density at radius 1 is 0.676 bits per heavy atom. The molecule has 6 heteroatoms. The van der Waals surface area contributed by atoms with Crippen LogP contribution in [0.15, 0.2) is 78.9 Å². The SMILES string of the molecule is CCOc1ccc(COc2ccc(-c3ccc(-c4ccc(CO)cc4)c(F)c3F)cc2)cc1F. The summed E-state index contributed by atoms with van der Waals surface area (Å²) in [4.78, 5) is 0. The van der Waals surface area contributed by atoms with Crippen LogP contribution in [0, 0.1) is 17.5 Å². The van der Waals surface area contributed by atoms with Crippen molar-refractivity contribution in [2.75, 3.05) is 6.61 Å². The van der Waals surface area contributed by atoms with Crippen molar-refractivity contribution in [1.29, 1.82) is 0 Å². The number of ether oxygens (including phenoxy) is 2. The van der Waals surface area contributed by atoms with E-state index >= 15 is 0 Å². The van der Waals surface area contributed by atoms with Gasteiger partial charge in [-0.25, -0.2) is 13.2 Å². The van der Waals surface area contributed by atoms with Gasteiger partial charge in [0.2, 0.25) is 0 Å². The molecule has 0 saturated carbocycles. The summed E-state index contributed by atoms with van der Waals surface area (Å²) in [5.74, 6) is -1.63. The maximum atomic E-state index is 14.9. The van der Waals surface area contributed by atoms with Crippen LogP contribution in [0.4, 0.5) is 13.2 Å². The smallest absolute Gasteiger partial charge is 0.167 e. The van der Waals surface area contributed by atoms with Crippen molar-refractivity contribution in [2.24, 2.45) is 0 Å². The third kappa shape index (κ3) is 5.07. The number of aliphatic hydroxyl groups excluding tert-OH is 1. The van der Waals surface area contributed by atoms with Crippen LogP contribution in [-0.4, -0.2) is 11.7 Å². The molecule has 0 fully saturated rings. The second-order valence-corrected chi connectivity index (χ2v) is 7.65. The van der Waals surface area contributed by atoms with E-state index in [1.54, 1.807) is 67.6 Å². The van der Waals surface area contributed by atoms with Crippen molar-refractivity contribution >= 4 is 0 Å². The minimum absolute atomic E-state index is 0.118. The lowest BCUT2D eigenvalue weighted by atomic mass is 9.98. The summed E-state index contributed by atoms with van der Waals surface area (Å²) < 4.78 is 54.6. The van der Waals surface area contributed by atoms with Crippen LogP contribution in [0.5, 0.6) is 11.5 Å². The van der Waals surface area contributed by atoms with Gasteiger partial charge in [0.15, 0.2) is 23.2 Å². The maximum absolute atomic E-state index is 14.9. The number of hydrogen-bond donors (Lipinski definition) is 1. The molecule has 0 spiro atoms. The molecule has 0 radical (unpaired) electrons. The fraction of sp³-hybridized carbons (Fsp3) is 0.143. The zero-order valence-corrected chi connectivity index (χ0v) is 18.5. The Hall–Kier alpha value is -3.77. The first-order valence-corrected chi connectivity index (χ1v) is 10.8. The molecule has 0 heterocycles. The highest BCUT2D eigenvalue weighted by molar-refractivity contribution is 5.72. The summed E-state index contributed by atoms with van der Waals surface area (Å²) >= 11 is 0. The topological polar surface area (TPSA) is 38.7 Å². The quantitative estimate of drug-likeness (QED) is 0.308. The van der Waals surface area contributed by atoms with Crippen LogP contribution in [0.3, 0.4) is 0 Å². The Morgan fingerprint density at radius 2 is 1.24 bits per heavy atom. The molecule has 174 valence electrons. The van der Waals surface area contributed by atoms with Crippen LogP contribution in [0.25, 0.3) is 22.3 Å². The van der Waals surface area contributed by atoms with E-state index in [0.717, 1.165) is 0 Å². The molecule has 0 aliphatic heterocycles. The highest BCUT2D eigenvalue weighted by Crippen LogP contribution is 2.32. The number of rotatable bonds is 8. The van der Waals surface area contributed by atoms with E-state index in [0.29, 0.717) is 34.6 Å². The van der Waals surface area contributed by atoms with E-state index in [1.165, 1.54) is 18.2 Å². The largest absolute Gasteiger partial charge is 0.491 e. The van der Waals surface area contributed by atoms with E-state index in [4.69, 9.17) is 14.6 Å². The van der Waals surface area contributed by atoms with Crippen molar-refractivity contribution in [3.63, 3.8) is 0 Å². The molecule has 4 aromatic rings. The van der Waals surface area contributed by atoms with Gasteiger partial charge in [-0.1, -0.05) is 54.6 Å². The average Bonchev–Trinajstić information content (AvgIpc) is 2.86. The highest BCUT2D eigenvalue weighted by Gasteiger charge is 2.16. The van der Waals surface area contributed by atoms with Gasteiger partial charge in [-0.2, -0.15) is 0 Å². The number of aliphatic hydroxyl groups is 1. The van der Waals surface area contributed by atoms with Gasteiger partial charge in [0.1, 0.15) is 12.4 Å². The predicted molar refractivity (Wildman–Crippen MR) is 125 cm³/mol. The number of halogens is 3. The molecule has 0 unspecified atom stereocenters. The molecular weight excluding hydrogens is 441 g/mol. The zero-order valence-electron chi connectivity index (χ0n) is 18.5. The normalized spacial score (nSPS) is 10.9. The standard InChI is InChI=1S/C28H23F3O3/c1-2-33-26-14-5-19(15-25(26)29)17-34-22-10-8-21(9-11-22)24-13-12-23(27(30)28(24)31)20-6-3-18(16-32)4-7-20/h3-15,32H,2,16-17H2,1H3. The third-order valence-electron chi connectivity index (χ3n) is 5.40. The Bertz CT molecular complexity index is 1270. The van der Waals surface area contributed by atoms with Gasteiger partial charge in [-0.15, -0.1) is 0 Å². The lowest BCUT2D eigenvalue weighted by Gasteiger charge is -2.11. The summed E-state index contributed by atoms with van der Waals surface area (Å²) in [6, 6.07) is 20.9. The minimum Gasteiger partial charge on any atom is -0.491 e. The summed E-state index contributed by atoms with van der Waals surface area (Å²) in [6.07, 6.45) is 0. The molecule has 0 aliphatic carbocycles. The first-order chi connectivity index (χ1) is 16.5. The van der Waals surface area contributed by atoms with E-state index in [-0.39, 0.29) is 30.1 Å². The van der Waals surface area contributed by atoms with E-state index in [2.05, 4.69) is 0 Å². The van der Waals surface area contributed by atoms with Gasteiger partial charge in [0.05, 0.1) is 13.2 Å². The summed E-state index contributed by atoms with van der Waals surface area (Å²) in [5, 5.41) is 9.15. The van der Waals surface area contributed by atoms with Gasteiger partial charge >= 0.3 is 0 Å². The molecule has 0 aliphatic rings. The van der Waals surface area contributed by atoms with Gasteiger partial charge in [0, 0.05) is 11.1 Å². The van der Waals surface area contributed by atoms with Crippen LogP contribution < -0.4 is 9.47 Å². The molecule has 1 N–H and O–H groups in total. The van der Waals surface area contributed by atoms with Gasteiger partial charge < -0.3 is 14.6 Å². The molecule has 4 aromatic carbocycles. The van der Waals surface area contributed by atoms with Gasteiger partial charge in [-0.3, -0.25) is 0 Å². The fourth-order valence-electron chi connectivity index (χ4n) is 3.59. The molecule has 3 nitrogen and oxygen atoms in total. The van der Waals surface area contributed by atoms with Crippen LogP contribution in [0.2, 0.25) is 0 Å². The number of hydrogen-bond acceptors (Lipinski definition) is 3. The zero-order chi connectivity index (χ0) is 24.1. The Kier molecular flexibility index (Phi) is 7.18. The summed E-state index contributed by atoms with van der Waals surface area (Å²) in [6.45, 7) is 2.19. The van der Waals surface area contributed by atoms with Crippen molar-refractivity contribution in [1.82, 2.24) is 0 Å². The Balaban J connectivity index is 1.48. The molecule has 0 aromatic heterocycles. The molecule has 34 heavy (non-hydrogen) atoms. The Labute approximate surface area is 196 Å². The van der Waals surface area contributed by atoms with Gasteiger partial charge in [-0.05, 0) is 53.4 Å². The minimum atomic E-state index is -0.942. The Morgan fingerprint density at radius 3 is 1.76 bits per heavy atom. The van der Waals surface area contributed by atoms with Crippen LogP contribution in [0.1, 0.15) is 18.1 Å². The molecular formula is C28H23F3O3. The van der Waals surface area contributed by atoms with Crippen molar-refractivity contribution < 1.29 is 27.8 Å². The van der Waals surface area contributed by atoms with Gasteiger partial charge in [0.25, 0.3) is 0 Å². The highest BCUT2D eigenvalue weighted by atomic mass is 19.2. The predicted octanol–water partition coefficient (Wildman–Crippen LogP) is 6.91. The van der Waals surface area contributed by atoms with Crippen molar-refractivity contribution in [3.05, 3.63) is 107 Å². The fourth-order valence-corrected chi connectivity index (χ4v) is 3.59. The first-order valence-electron chi connectivity index (χ1n) is 10.8. The molecule has 4 rings (SSSR count).